The van der Waals surface area contributed by atoms with Gasteiger partial charge in [0.05, 0.1) is 0 Å². The number of ether oxygens (including phenoxy) is 1. The molecule has 2 N–H and O–H groups in total. The Balaban J connectivity index is 1.98. The van der Waals surface area contributed by atoms with Gasteiger partial charge in [0.15, 0.2) is 0 Å². The van der Waals surface area contributed by atoms with E-state index in [-0.39, 0.29) is 18.3 Å². The number of aryl methyl sites for hydroxylation is 1. The van der Waals surface area contributed by atoms with Gasteiger partial charge in [0, 0.05) is 0 Å². The molecule has 0 radical (unpaired) electrons. The molecular formula is C21H27BrHgO4S. The number of rotatable bonds is 11. The van der Waals surface area contributed by atoms with E-state index in [9.17, 15) is 14.4 Å². The fourth-order valence-electron chi connectivity index (χ4n) is 3.15. The molecule has 0 bridgehead atoms. The molecule has 0 saturated heterocycles. The van der Waals surface area contributed by atoms with Crippen LogP contribution >= 0.6 is 11.9 Å². The average molecular weight is 656 g/mol. The van der Waals surface area contributed by atoms with Gasteiger partial charge in [0.1, 0.15) is 0 Å². The first-order chi connectivity index (χ1) is 13.3. The van der Waals surface area contributed by atoms with Crippen LogP contribution in [0.1, 0.15) is 18.1 Å². The molecule has 0 aromatic heterocycles. The van der Waals surface area contributed by atoms with Crippen molar-refractivity contribution in [1.82, 2.24) is 0 Å². The third-order valence-electron chi connectivity index (χ3n) is 4.80. The third-order valence-corrected chi connectivity index (χ3v) is 13.5. The van der Waals surface area contributed by atoms with Gasteiger partial charge in [-0.15, -0.1) is 0 Å². The zero-order valence-corrected chi connectivity index (χ0v) is 24.3. The van der Waals surface area contributed by atoms with E-state index in [1.165, 1.54) is 0 Å². The fourth-order valence-corrected chi connectivity index (χ4v) is 13.5. The van der Waals surface area contributed by atoms with Crippen LogP contribution in [0.5, 0.6) is 0 Å². The molecule has 2 aromatic carbocycles. The molecule has 2 aromatic rings. The molecule has 4 atom stereocenters. The van der Waals surface area contributed by atoms with Gasteiger partial charge in [-0.2, -0.15) is 0 Å². The second-order valence-electron chi connectivity index (χ2n) is 7.31. The maximum absolute atomic E-state index is 12.6. The fraction of sp³-hybridized carbons (Fsp3) is 0.429. The molecule has 150 valence electrons. The predicted molar refractivity (Wildman–Crippen MR) is 112 cm³/mol. The molecule has 0 heterocycles. The molecule has 0 aliphatic carbocycles. The zero-order valence-electron chi connectivity index (χ0n) is 16.4. The average Bonchev–Trinajstić information content (AvgIpc) is 2.67. The molecule has 2 rings (SSSR count). The van der Waals surface area contributed by atoms with E-state index in [0.717, 1.165) is 15.1 Å². The van der Waals surface area contributed by atoms with Crippen LogP contribution in [0, 0.1) is 12.8 Å². The molecule has 28 heavy (non-hydrogen) atoms. The predicted octanol–water partition coefficient (Wildman–Crippen LogP) is 3.86. The van der Waals surface area contributed by atoms with E-state index in [1.807, 2.05) is 61.5 Å². The second-order valence-corrected chi connectivity index (χ2v) is 19.5. The van der Waals surface area contributed by atoms with E-state index >= 15 is 0 Å². The Morgan fingerprint density at radius 1 is 1.18 bits per heavy atom. The number of hydrogen-bond donors (Lipinski definition) is 2. The number of benzene rings is 2. The number of hydrogen-bond acceptors (Lipinski definition) is 4. The molecule has 0 aliphatic heterocycles. The SMILES string of the molecule is Cc1ccc([S@](=O)C[C@@H](O)[C@H]([CH2][Hg][Br])[C@](C)(O)COCc2ccccc2)cc1. The van der Waals surface area contributed by atoms with E-state index < -0.39 is 44.7 Å². The van der Waals surface area contributed by atoms with Gasteiger partial charge < -0.3 is 0 Å². The van der Waals surface area contributed by atoms with Crippen LogP contribution in [0.4, 0.5) is 0 Å². The van der Waals surface area contributed by atoms with Gasteiger partial charge in [-0.3, -0.25) is 0 Å². The van der Waals surface area contributed by atoms with Crippen LogP contribution in [0.25, 0.3) is 0 Å². The summed E-state index contributed by atoms with van der Waals surface area (Å²) in [7, 11) is -1.31. The number of aliphatic hydroxyl groups is 2. The van der Waals surface area contributed by atoms with Gasteiger partial charge >= 0.3 is 189 Å². The summed E-state index contributed by atoms with van der Waals surface area (Å²) in [5.74, 6) is -0.248. The zero-order chi connectivity index (χ0) is 20.6. The molecule has 0 spiro atoms. The Kier molecular flexibility index (Phi) is 10.3. The topological polar surface area (TPSA) is 66.8 Å². The molecular weight excluding hydrogens is 629 g/mol. The quantitative estimate of drug-likeness (QED) is 0.361. The van der Waals surface area contributed by atoms with Crippen LogP contribution in [-0.2, 0) is 44.3 Å². The van der Waals surface area contributed by atoms with Crippen LogP contribution < -0.4 is 0 Å². The van der Waals surface area contributed by atoms with Crippen molar-refractivity contribution >= 4 is 22.7 Å². The van der Waals surface area contributed by atoms with Crippen molar-refractivity contribution in [3.8, 4) is 0 Å². The van der Waals surface area contributed by atoms with E-state index in [0.29, 0.717) is 11.5 Å². The Morgan fingerprint density at radius 3 is 2.43 bits per heavy atom. The van der Waals surface area contributed by atoms with Crippen LogP contribution in [0.2, 0.25) is 3.93 Å². The Bertz CT molecular complexity index is 740. The summed E-state index contributed by atoms with van der Waals surface area (Å²) in [5, 5.41) is 21.8. The Labute approximate surface area is 187 Å². The van der Waals surface area contributed by atoms with E-state index in [1.54, 1.807) is 6.92 Å². The normalized spacial score (nSPS) is 16.6. The van der Waals surface area contributed by atoms with Crippen molar-refractivity contribution in [1.29, 1.82) is 0 Å². The monoisotopic (exact) mass is 656 g/mol. The Morgan fingerprint density at radius 2 is 1.82 bits per heavy atom. The summed E-state index contributed by atoms with van der Waals surface area (Å²) in [6, 6.07) is 17.3. The standard InChI is InChI=1S/C21H27O4S.BrH.Hg/c1-16-9-11-19(12-10-16)26(24)14-20(22)17(2)21(3,23)15-25-13-18-7-5-4-6-8-18;;/h4-12,17,20,22-23H,2,13-15H2,1,3H3;1H;/q;;+1/p-1/t17-,20+,21+,26+;;/m0../s1. The Hall–Kier alpha value is -0.115. The minimum atomic E-state index is -1.33. The van der Waals surface area contributed by atoms with Crippen molar-refractivity contribution < 1.29 is 41.3 Å². The molecule has 0 aliphatic rings. The van der Waals surface area contributed by atoms with Crippen molar-refractivity contribution in [2.75, 3.05) is 12.4 Å². The summed E-state index contributed by atoms with van der Waals surface area (Å²) in [6.07, 6.45) is -0.852. The first-order valence-electron chi connectivity index (χ1n) is 9.36. The van der Waals surface area contributed by atoms with E-state index in [4.69, 9.17) is 4.74 Å². The van der Waals surface area contributed by atoms with Crippen molar-refractivity contribution in [3.05, 3.63) is 65.7 Å². The minimum absolute atomic E-state index is 0.114. The molecule has 0 saturated carbocycles. The maximum atomic E-state index is 12.6. The summed E-state index contributed by atoms with van der Waals surface area (Å²) >= 11 is 2.29. The second kappa shape index (κ2) is 11.9. The van der Waals surface area contributed by atoms with E-state index in [2.05, 4.69) is 11.9 Å². The van der Waals surface area contributed by atoms with Gasteiger partial charge in [-0.25, -0.2) is 0 Å². The van der Waals surface area contributed by atoms with Gasteiger partial charge in [-0.1, -0.05) is 0 Å². The van der Waals surface area contributed by atoms with Crippen molar-refractivity contribution in [2.24, 2.45) is 5.92 Å². The summed E-state index contributed by atoms with van der Waals surface area (Å²) in [5.41, 5.74) is 0.960. The number of aliphatic hydroxyl groups excluding tert-OH is 1. The summed E-state index contributed by atoms with van der Waals surface area (Å²) < 4.78 is 19.2. The van der Waals surface area contributed by atoms with Gasteiger partial charge in [-0.05, 0) is 0 Å². The molecule has 0 unspecified atom stereocenters. The molecule has 0 fully saturated rings. The van der Waals surface area contributed by atoms with Crippen LogP contribution in [0.15, 0.2) is 59.5 Å². The first kappa shape index (κ1) is 24.2. The van der Waals surface area contributed by atoms with Crippen LogP contribution in [0.3, 0.4) is 0 Å². The third kappa shape index (κ3) is 7.61. The molecule has 7 heteroatoms. The number of halogens is 1. The van der Waals surface area contributed by atoms with Gasteiger partial charge in [0.2, 0.25) is 0 Å². The van der Waals surface area contributed by atoms with Crippen molar-refractivity contribution in [3.63, 3.8) is 0 Å². The summed E-state index contributed by atoms with van der Waals surface area (Å²) in [6.45, 7) is 4.22. The van der Waals surface area contributed by atoms with Crippen LogP contribution in [-0.4, -0.2) is 38.5 Å². The first-order valence-corrected chi connectivity index (χ1v) is 26.5. The summed E-state index contributed by atoms with van der Waals surface area (Å²) in [4.78, 5) is 0.701. The van der Waals surface area contributed by atoms with Gasteiger partial charge in [0.25, 0.3) is 0 Å². The molecule has 4 nitrogen and oxygen atoms in total. The molecule has 0 amide bonds. The van der Waals surface area contributed by atoms with Crippen molar-refractivity contribution in [2.45, 2.75) is 41.0 Å².